The zero-order chi connectivity index (χ0) is 15.5. The quantitative estimate of drug-likeness (QED) is 0.833. The lowest BCUT2D eigenvalue weighted by Crippen LogP contribution is -2.14. The van der Waals surface area contributed by atoms with E-state index in [1.165, 1.54) is 22.4 Å². The molecule has 1 atom stereocenters. The van der Waals surface area contributed by atoms with E-state index < -0.39 is 0 Å². The summed E-state index contributed by atoms with van der Waals surface area (Å²) in [5.41, 5.74) is 5.33. The maximum Gasteiger partial charge on any atom is 0.119 e. The molecule has 1 heterocycles. The Hall–Kier alpha value is -2.00. The van der Waals surface area contributed by atoms with Gasteiger partial charge in [-0.3, -0.25) is 0 Å². The van der Waals surface area contributed by atoms with Crippen LogP contribution in [0.15, 0.2) is 42.5 Å². The van der Waals surface area contributed by atoms with Crippen molar-refractivity contribution in [3.05, 3.63) is 59.2 Å². The van der Waals surface area contributed by atoms with Crippen LogP contribution in [0.4, 0.5) is 5.69 Å². The molecule has 2 aromatic rings. The monoisotopic (exact) mass is 297 g/mol. The van der Waals surface area contributed by atoms with Gasteiger partial charge in [0, 0.05) is 31.8 Å². The highest BCUT2D eigenvalue weighted by Gasteiger charge is 2.19. The summed E-state index contributed by atoms with van der Waals surface area (Å²) in [4.78, 5) is 2.40. The van der Waals surface area contributed by atoms with Crippen molar-refractivity contribution in [2.24, 2.45) is 0 Å². The fourth-order valence-corrected chi connectivity index (χ4v) is 3.04. The SMILES string of the molecule is COCC(C)c1ccc(N2Cc3ccc(OC)cc3C2)cc1. The third kappa shape index (κ3) is 2.95. The number of methoxy groups -OCH3 is 2. The van der Waals surface area contributed by atoms with Crippen molar-refractivity contribution >= 4 is 5.69 Å². The van der Waals surface area contributed by atoms with Crippen molar-refractivity contribution in [2.45, 2.75) is 25.9 Å². The summed E-state index contributed by atoms with van der Waals surface area (Å²) in [5, 5.41) is 0. The first kappa shape index (κ1) is 14.9. The molecule has 1 aliphatic rings. The highest BCUT2D eigenvalue weighted by molar-refractivity contribution is 5.54. The number of anilines is 1. The van der Waals surface area contributed by atoms with E-state index in [1.54, 1.807) is 14.2 Å². The van der Waals surface area contributed by atoms with Crippen molar-refractivity contribution in [3.8, 4) is 5.75 Å². The Balaban J connectivity index is 1.73. The van der Waals surface area contributed by atoms with Crippen LogP contribution >= 0.6 is 0 Å². The molecule has 0 amide bonds. The first-order valence-electron chi connectivity index (χ1n) is 7.71. The Kier molecular flexibility index (Phi) is 4.34. The first-order chi connectivity index (χ1) is 10.7. The van der Waals surface area contributed by atoms with Crippen LogP contribution in [0.2, 0.25) is 0 Å². The van der Waals surface area contributed by atoms with Gasteiger partial charge < -0.3 is 14.4 Å². The Labute approximate surface area is 132 Å². The molecule has 3 heteroatoms. The van der Waals surface area contributed by atoms with E-state index in [2.05, 4.69) is 48.2 Å². The molecule has 0 radical (unpaired) electrons. The lowest BCUT2D eigenvalue weighted by Gasteiger charge is -2.19. The van der Waals surface area contributed by atoms with Gasteiger partial charge in [0.1, 0.15) is 5.75 Å². The molecule has 0 aromatic heterocycles. The molecule has 2 aromatic carbocycles. The van der Waals surface area contributed by atoms with Crippen LogP contribution in [0.5, 0.6) is 5.75 Å². The van der Waals surface area contributed by atoms with Gasteiger partial charge in [0.25, 0.3) is 0 Å². The summed E-state index contributed by atoms with van der Waals surface area (Å²) < 4.78 is 10.5. The minimum absolute atomic E-state index is 0.430. The van der Waals surface area contributed by atoms with E-state index in [-0.39, 0.29) is 0 Å². The van der Waals surface area contributed by atoms with E-state index >= 15 is 0 Å². The second-order valence-corrected chi connectivity index (χ2v) is 5.94. The maximum absolute atomic E-state index is 5.32. The average molecular weight is 297 g/mol. The van der Waals surface area contributed by atoms with Crippen LogP contribution < -0.4 is 9.64 Å². The zero-order valence-corrected chi connectivity index (χ0v) is 13.5. The van der Waals surface area contributed by atoms with Gasteiger partial charge in [0.05, 0.1) is 13.7 Å². The van der Waals surface area contributed by atoms with E-state index in [0.717, 1.165) is 25.4 Å². The highest BCUT2D eigenvalue weighted by atomic mass is 16.5. The molecule has 1 unspecified atom stereocenters. The van der Waals surface area contributed by atoms with E-state index in [4.69, 9.17) is 9.47 Å². The fraction of sp³-hybridized carbons (Fsp3) is 0.368. The lowest BCUT2D eigenvalue weighted by atomic mass is 10.0. The molecule has 0 aliphatic carbocycles. The van der Waals surface area contributed by atoms with Crippen LogP contribution in [-0.2, 0) is 17.8 Å². The summed E-state index contributed by atoms with van der Waals surface area (Å²) >= 11 is 0. The van der Waals surface area contributed by atoms with E-state index in [0.29, 0.717) is 5.92 Å². The molecule has 0 bridgehead atoms. The Morgan fingerprint density at radius 3 is 2.41 bits per heavy atom. The lowest BCUT2D eigenvalue weighted by molar-refractivity contribution is 0.184. The van der Waals surface area contributed by atoms with Gasteiger partial charge in [-0.25, -0.2) is 0 Å². The minimum atomic E-state index is 0.430. The summed E-state index contributed by atoms with van der Waals surface area (Å²) in [6.07, 6.45) is 0. The molecule has 22 heavy (non-hydrogen) atoms. The topological polar surface area (TPSA) is 21.7 Å². The van der Waals surface area contributed by atoms with Crippen molar-refractivity contribution in [3.63, 3.8) is 0 Å². The number of hydrogen-bond donors (Lipinski definition) is 0. The number of benzene rings is 2. The molecule has 0 saturated heterocycles. The molecule has 1 aliphatic heterocycles. The summed E-state index contributed by atoms with van der Waals surface area (Å²) in [6.45, 7) is 4.86. The fourth-order valence-electron chi connectivity index (χ4n) is 3.04. The molecule has 0 spiro atoms. The molecule has 116 valence electrons. The van der Waals surface area contributed by atoms with Gasteiger partial charge in [0.2, 0.25) is 0 Å². The summed E-state index contributed by atoms with van der Waals surface area (Å²) in [7, 11) is 3.47. The van der Waals surface area contributed by atoms with E-state index in [9.17, 15) is 0 Å². The molecular formula is C19H23NO2. The number of nitrogens with zero attached hydrogens (tertiary/aromatic N) is 1. The number of fused-ring (bicyclic) bond motifs is 1. The van der Waals surface area contributed by atoms with Gasteiger partial charge in [-0.15, -0.1) is 0 Å². The van der Waals surface area contributed by atoms with Crippen molar-refractivity contribution < 1.29 is 9.47 Å². The van der Waals surface area contributed by atoms with Gasteiger partial charge >= 0.3 is 0 Å². The Morgan fingerprint density at radius 1 is 1.00 bits per heavy atom. The zero-order valence-electron chi connectivity index (χ0n) is 13.5. The van der Waals surface area contributed by atoms with Crippen LogP contribution in [0, 0.1) is 0 Å². The molecule has 0 saturated carbocycles. The predicted octanol–water partition coefficient (Wildman–Crippen LogP) is 3.97. The van der Waals surface area contributed by atoms with Crippen molar-refractivity contribution in [1.29, 1.82) is 0 Å². The number of rotatable bonds is 5. The molecular weight excluding hydrogens is 274 g/mol. The third-order valence-corrected chi connectivity index (χ3v) is 4.38. The highest BCUT2D eigenvalue weighted by Crippen LogP contribution is 2.31. The second kappa shape index (κ2) is 6.41. The molecule has 0 N–H and O–H groups in total. The molecule has 0 fully saturated rings. The van der Waals surface area contributed by atoms with Gasteiger partial charge in [0.15, 0.2) is 0 Å². The Morgan fingerprint density at radius 2 is 1.73 bits per heavy atom. The smallest absolute Gasteiger partial charge is 0.119 e. The minimum Gasteiger partial charge on any atom is -0.497 e. The van der Waals surface area contributed by atoms with Crippen LogP contribution in [0.1, 0.15) is 29.5 Å². The number of hydrogen-bond acceptors (Lipinski definition) is 3. The van der Waals surface area contributed by atoms with Crippen LogP contribution in [-0.4, -0.2) is 20.8 Å². The van der Waals surface area contributed by atoms with Crippen LogP contribution in [0.25, 0.3) is 0 Å². The largest absolute Gasteiger partial charge is 0.497 e. The summed E-state index contributed by atoms with van der Waals surface area (Å²) in [5.74, 6) is 1.36. The van der Waals surface area contributed by atoms with Gasteiger partial charge in [-0.1, -0.05) is 25.1 Å². The van der Waals surface area contributed by atoms with Crippen molar-refractivity contribution in [2.75, 3.05) is 25.7 Å². The Bertz CT molecular complexity index is 636. The second-order valence-electron chi connectivity index (χ2n) is 5.94. The predicted molar refractivity (Wildman–Crippen MR) is 89.6 cm³/mol. The van der Waals surface area contributed by atoms with Crippen LogP contribution in [0.3, 0.4) is 0 Å². The first-order valence-corrected chi connectivity index (χ1v) is 7.71. The number of ether oxygens (including phenoxy) is 2. The maximum atomic E-state index is 5.32. The standard InChI is InChI=1S/C19H23NO2/c1-14(13-21-2)15-4-7-18(8-5-15)20-11-16-6-9-19(22-3)10-17(16)12-20/h4-10,14H,11-13H2,1-3H3. The van der Waals surface area contributed by atoms with Gasteiger partial charge in [-0.2, -0.15) is 0 Å². The normalized spacial score (nSPS) is 14.8. The molecule has 3 nitrogen and oxygen atoms in total. The summed E-state index contributed by atoms with van der Waals surface area (Å²) in [6, 6.07) is 15.2. The van der Waals surface area contributed by atoms with Gasteiger partial charge in [-0.05, 0) is 41.0 Å². The van der Waals surface area contributed by atoms with E-state index in [1.807, 2.05) is 6.07 Å². The average Bonchev–Trinajstić information content (AvgIpc) is 2.98. The molecule has 3 rings (SSSR count). The third-order valence-electron chi connectivity index (χ3n) is 4.38. The van der Waals surface area contributed by atoms with Crippen molar-refractivity contribution in [1.82, 2.24) is 0 Å².